The number of likely N-dealkylation sites (tertiary alicyclic amines) is 2. The van der Waals surface area contributed by atoms with E-state index in [0.29, 0.717) is 5.41 Å². The number of rotatable bonds is 4. The molecule has 1 amide bonds. The minimum absolute atomic E-state index is 0.158. The molecule has 3 aliphatic heterocycles. The summed E-state index contributed by atoms with van der Waals surface area (Å²) in [6.07, 6.45) is 7.77. The van der Waals surface area contributed by atoms with Crippen molar-refractivity contribution in [3.63, 3.8) is 0 Å². The van der Waals surface area contributed by atoms with E-state index in [1.165, 1.54) is 51.6 Å². The van der Waals surface area contributed by atoms with Crippen LogP contribution in [0.25, 0.3) is 0 Å². The average Bonchev–Trinajstić information content (AvgIpc) is 2.64. The summed E-state index contributed by atoms with van der Waals surface area (Å²) >= 11 is 0. The minimum Gasteiger partial charge on any atom is -0.379 e. The Labute approximate surface area is 157 Å². The second-order valence-electron chi connectivity index (χ2n) is 8.80. The zero-order chi connectivity index (χ0) is 18.0. The lowest BCUT2D eigenvalue weighted by Crippen LogP contribution is -2.64. The van der Waals surface area contributed by atoms with Gasteiger partial charge >= 0.3 is 0 Å². The minimum atomic E-state index is 0.158. The summed E-state index contributed by atoms with van der Waals surface area (Å²) in [6.45, 7) is 8.65. The summed E-state index contributed by atoms with van der Waals surface area (Å²) in [5.41, 5.74) is 0.509. The predicted molar refractivity (Wildman–Crippen MR) is 100 cm³/mol. The number of hydrogen-bond donors (Lipinski definition) is 0. The Morgan fingerprint density at radius 2 is 1.62 bits per heavy atom. The van der Waals surface area contributed by atoms with Gasteiger partial charge in [-0.05, 0) is 43.9 Å². The molecule has 0 unspecified atom stereocenters. The highest BCUT2D eigenvalue weighted by atomic mass is 16.5. The van der Waals surface area contributed by atoms with Gasteiger partial charge in [-0.1, -0.05) is 0 Å². The van der Waals surface area contributed by atoms with Crippen molar-refractivity contribution in [3.8, 4) is 0 Å². The third-order valence-corrected chi connectivity index (χ3v) is 7.43. The maximum atomic E-state index is 12.0. The molecule has 148 valence electrons. The van der Waals surface area contributed by atoms with Crippen LogP contribution < -0.4 is 0 Å². The first-order chi connectivity index (χ1) is 12.7. The fourth-order valence-corrected chi connectivity index (χ4v) is 5.48. The Morgan fingerprint density at radius 3 is 2.23 bits per heavy atom. The highest BCUT2D eigenvalue weighted by Gasteiger charge is 2.43. The van der Waals surface area contributed by atoms with Crippen LogP contribution >= 0.6 is 0 Å². The summed E-state index contributed by atoms with van der Waals surface area (Å²) in [4.78, 5) is 19.4. The van der Waals surface area contributed by atoms with Gasteiger partial charge in [0.15, 0.2) is 0 Å². The number of nitrogens with zero attached hydrogens (tertiary/aromatic N) is 3. The van der Waals surface area contributed by atoms with Crippen molar-refractivity contribution >= 4 is 5.91 Å². The van der Waals surface area contributed by atoms with E-state index >= 15 is 0 Å². The summed E-state index contributed by atoms with van der Waals surface area (Å²) in [5.74, 6) is 0.158. The van der Waals surface area contributed by atoms with Crippen molar-refractivity contribution in [2.24, 2.45) is 5.41 Å². The van der Waals surface area contributed by atoms with Crippen LogP contribution in [0, 0.1) is 5.41 Å². The van der Waals surface area contributed by atoms with Crippen molar-refractivity contribution < 1.29 is 14.3 Å². The monoisotopic (exact) mass is 365 g/mol. The molecule has 6 heteroatoms. The molecule has 0 aromatic carbocycles. The first kappa shape index (κ1) is 18.7. The molecule has 26 heavy (non-hydrogen) atoms. The number of piperidine rings is 1. The summed E-state index contributed by atoms with van der Waals surface area (Å²) in [5, 5.41) is 0. The van der Waals surface area contributed by atoms with Crippen LogP contribution in [-0.4, -0.2) is 98.9 Å². The van der Waals surface area contributed by atoms with Crippen LogP contribution in [0.3, 0.4) is 0 Å². The maximum absolute atomic E-state index is 12.0. The smallest absolute Gasteiger partial charge is 0.248 e. The van der Waals surface area contributed by atoms with Gasteiger partial charge in [0.05, 0.1) is 13.2 Å². The van der Waals surface area contributed by atoms with Gasteiger partial charge < -0.3 is 14.4 Å². The molecule has 1 spiro atoms. The van der Waals surface area contributed by atoms with Gasteiger partial charge in [0, 0.05) is 58.5 Å². The molecule has 4 rings (SSSR count). The number of carbonyl (C=O) groups excluding carboxylic acids is 1. The van der Waals surface area contributed by atoms with E-state index in [4.69, 9.17) is 9.47 Å². The molecule has 6 nitrogen and oxygen atoms in total. The van der Waals surface area contributed by atoms with Gasteiger partial charge in [-0.15, -0.1) is 0 Å². The van der Waals surface area contributed by atoms with Crippen LogP contribution in [0.1, 0.15) is 38.5 Å². The number of amides is 1. The molecule has 3 heterocycles. The zero-order valence-electron chi connectivity index (χ0n) is 16.3. The zero-order valence-corrected chi connectivity index (χ0v) is 16.3. The molecule has 1 saturated carbocycles. The fraction of sp³-hybridized carbons (Fsp3) is 0.950. The van der Waals surface area contributed by atoms with Crippen LogP contribution in [-0.2, 0) is 14.3 Å². The van der Waals surface area contributed by atoms with Gasteiger partial charge in [-0.2, -0.15) is 0 Å². The second kappa shape index (κ2) is 8.13. The van der Waals surface area contributed by atoms with Gasteiger partial charge in [0.1, 0.15) is 6.61 Å². The summed E-state index contributed by atoms with van der Waals surface area (Å²) in [7, 11) is 1.60. The normalized spacial score (nSPS) is 29.0. The second-order valence-corrected chi connectivity index (χ2v) is 8.80. The number of ether oxygens (including phenoxy) is 2. The number of methoxy groups -OCH3 is 1. The Balaban J connectivity index is 1.19. The van der Waals surface area contributed by atoms with E-state index in [0.717, 1.165) is 51.5 Å². The van der Waals surface area contributed by atoms with Crippen molar-refractivity contribution in [2.45, 2.75) is 50.6 Å². The quantitative estimate of drug-likeness (QED) is 0.749. The predicted octanol–water partition coefficient (Wildman–Crippen LogP) is 1.20. The largest absolute Gasteiger partial charge is 0.379 e. The molecule has 0 radical (unpaired) electrons. The molecular formula is C20H35N3O3. The Morgan fingerprint density at radius 1 is 0.962 bits per heavy atom. The van der Waals surface area contributed by atoms with Crippen molar-refractivity contribution in [1.29, 1.82) is 0 Å². The Bertz CT molecular complexity index is 471. The number of hydrogen-bond acceptors (Lipinski definition) is 5. The van der Waals surface area contributed by atoms with Crippen molar-refractivity contribution in [3.05, 3.63) is 0 Å². The highest BCUT2D eigenvalue weighted by Crippen LogP contribution is 2.46. The molecule has 0 N–H and O–H groups in total. The third kappa shape index (κ3) is 3.93. The molecule has 1 aliphatic carbocycles. The van der Waals surface area contributed by atoms with Gasteiger partial charge in [0.2, 0.25) is 5.91 Å². The van der Waals surface area contributed by atoms with E-state index in [-0.39, 0.29) is 12.5 Å². The van der Waals surface area contributed by atoms with Crippen LogP contribution in [0.4, 0.5) is 0 Å². The van der Waals surface area contributed by atoms with Gasteiger partial charge in [0.25, 0.3) is 0 Å². The highest BCUT2D eigenvalue weighted by molar-refractivity contribution is 5.77. The number of morpholine rings is 1. The van der Waals surface area contributed by atoms with E-state index in [9.17, 15) is 4.79 Å². The van der Waals surface area contributed by atoms with Crippen molar-refractivity contribution in [2.75, 3.05) is 66.2 Å². The Kier molecular flexibility index (Phi) is 5.84. The van der Waals surface area contributed by atoms with Crippen LogP contribution in [0.5, 0.6) is 0 Å². The lowest BCUT2D eigenvalue weighted by molar-refractivity contribution is -0.138. The number of carbonyl (C=O) groups is 1. The lowest BCUT2D eigenvalue weighted by Gasteiger charge is -2.53. The first-order valence-corrected chi connectivity index (χ1v) is 10.5. The molecule has 0 bridgehead atoms. The van der Waals surface area contributed by atoms with E-state index in [1.54, 1.807) is 7.11 Å². The SMILES string of the molecule is COCC(=O)N1CCC2(CCC(N3CC(N4CCOCC4)C3)CC2)CC1. The molecule has 0 atom stereocenters. The fourth-order valence-electron chi connectivity index (χ4n) is 5.48. The summed E-state index contributed by atoms with van der Waals surface area (Å²) < 4.78 is 10.5. The molecule has 3 saturated heterocycles. The lowest BCUT2D eigenvalue weighted by atomic mass is 9.66. The molecule has 4 fully saturated rings. The summed E-state index contributed by atoms with van der Waals surface area (Å²) in [6, 6.07) is 1.57. The maximum Gasteiger partial charge on any atom is 0.248 e. The van der Waals surface area contributed by atoms with Crippen LogP contribution in [0.15, 0.2) is 0 Å². The standard InChI is InChI=1S/C20H35N3O3/c1-25-16-19(24)22-8-6-20(7-9-22)4-2-17(3-5-20)23-14-18(15-23)21-10-12-26-13-11-21/h17-18H,2-16H2,1H3. The Hall–Kier alpha value is -0.690. The molecule has 4 aliphatic rings. The molecule has 0 aromatic rings. The van der Waals surface area contributed by atoms with E-state index in [1.807, 2.05) is 4.90 Å². The molecular weight excluding hydrogens is 330 g/mol. The van der Waals surface area contributed by atoms with Gasteiger partial charge in [-0.3, -0.25) is 14.6 Å². The van der Waals surface area contributed by atoms with E-state index < -0.39 is 0 Å². The van der Waals surface area contributed by atoms with Crippen LogP contribution in [0.2, 0.25) is 0 Å². The van der Waals surface area contributed by atoms with Gasteiger partial charge in [-0.25, -0.2) is 0 Å². The third-order valence-electron chi connectivity index (χ3n) is 7.43. The van der Waals surface area contributed by atoms with E-state index in [2.05, 4.69) is 9.80 Å². The first-order valence-electron chi connectivity index (χ1n) is 10.5. The molecule has 0 aromatic heterocycles. The van der Waals surface area contributed by atoms with Crippen molar-refractivity contribution in [1.82, 2.24) is 14.7 Å². The topological polar surface area (TPSA) is 45.2 Å². The average molecular weight is 366 g/mol.